The Morgan fingerprint density at radius 1 is 1.18 bits per heavy atom. The minimum Gasteiger partial charge on any atom is -0.279 e. The summed E-state index contributed by atoms with van der Waals surface area (Å²) in [5.41, 5.74) is 1.55. The lowest BCUT2D eigenvalue weighted by molar-refractivity contribution is -0.107. The number of hydrogen-bond acceptors (Lipinski definition) is 5. The Balaban J connectivity index is 2.23. The van der Waals surface area contributed by atoms with Gasteiger partial charge in [-0.1, -0.05) is 12.1 Å². The first-order valence-corrected chi connectivity index (χ1v) is 8.20. The second kappa shape index (κ2) is 5.80. The largest absolute Gasteiger partial charge is 0.279 e. The maximum absolute atomic E-state index is 11.6. The van der Waals surface area contributed by atoms with E-state index in [4.69, 9.17) is 0 Å². The quantitative estimate of drug-likeness (QED) is 0.610. The molecular weight excluding hydrogens is 270 g/mol. The van der Waals surface area contributed by atoms with Crippen LogP contribution in [0.25, 0.3) is 6.08 Å². The number of hydrogen-bond donors (Lipinski definition) is 0. The highest BCUT2D eigenvalue weighted by Gasteiger charge is 2.21. The molecule has 1 heterocycles. The molecule has 0 aromatic heterocycles. The van der Waals surface area contributed by atoms with Gasteiger partial charge in [0.05, 0.1) is 0 Å². The van der Waals surface area contributed by atoms with Crippen LogP contribution in [-0.2, 0) is 4.79 Å². The zero-order valence-corrected chi connectivity index (χ0v) is 11.9. The van der Waals surface area contributed by atoms with Gasteiger partial charge in [0.2, 0.25) is 5.12 Å². The summed E-state index contributed by atoms with van der Waals surface area (Å²) in [7, 11) is 0. The van der Waals surface area contributed by atoms with E-state index in [-0.39, 0.29) is 5.12 Å². The number of thioether (sulfide) groups is 3. The third kappa shape index (κ3) is 3.18. The predicted molar refractivity (Wildman–Crippen MR) is 79.7 cm³/mol. The van der Waals surface area contributed by atoms with Crippen LogP contribution in [0.1, 0.15) is 5.56 Å². The standard InChI is InChI=1S/C12H11NOS3/c1-15-9-5-3-8(4-6-9)7-10-11(14)17-12(13-10)16-2/h3-7H,1-2H3. The molecule has 2 nitrogen and oxygen atoms in total. The molecule has 2 rings (SSSR count). The van der Waals surface area contributed by atoms with Gasteiger partial charge in [-0.2, -0.15) is 0 Å². The summed E-state index contributed by atoms with van der Waals surface area (Å²) in [5.74, 6) is 0. The maximum atomic E-state index is 11.6. The first-order chi connectivity index (χ1) is 8.22. The van der Waals surface area contributed by atoms with Crippen molar-refractivity contribution in [2.45, 2.75) is 4.90 Å². The van der Waals surface area contributed by atoms with Crippen molar-refractivity contribution < 1.29 is 4.79 Å². The fourth-order valence-corrected chi connectivity index (χ4v) is 3.00. The Kier molecular flexibility index (Phi) is 4.36. The Morgan fingerprint density at radius 3 is 2.41 bits per heavy atom. The van der Waals surface area contributed by atoms with Gasteiger partial charge in [-0.3, -0.25) is 4.79 Å². The van der Waals surface area contributed by atoms with E-state index in [0.29, 0.717) is 5.70 Å². The molecule has 0 bridgehead atoms. The molecule has 0 radical (unpaired) electrons. The Labute approximate surface area is 113 Å². The molecule has 17 heavy (non-hydrogen) atoms. The second-order valence-corrected chi connectivity index (χ2v) is 6.17. The molecule has 88 valence electrons. The van der Waals surface area contributed by atoms with Crippen molar-refractivity contribution in [2.24, 2.45) is 4.99 Å². The summed E-state index contributed by atoms with van der Waals surface area (Å²) < 4.78 is 0.821. The smallest absolute Gasteiger partial charge is 0.244 e. The van der Waals surface area contributed by atoms with Gasteiger partial charge in [0.1, 0.15) is 10.1 Å². The van der Waals surface area contributed by atoms with Crippen molar-refractivity contribution in [3.63, 3.8) is 0 Å². The fraction of sp³-hybridized carbons (Fsp3) is 0.167. The topological polar surface area (TPSA) is 29.4 Å². The van der Waals surface area contributed by atoms with Gasteiger partial charge in [-0.25, -0.2) is 4.99 Å². The zero-order chi connectivity index (χ0) is 12.3. The van der Waals surface area contributed by atoms with E-state index in [1.807, 2.05) is 42.9 Å². The molecule has 0 N–H and O–H groups in total. The molecule has 1 aromatic rings. The Morgan fingerprint density at radius 2 is 1.88 bits per heavy atom. The molecule has 0 amide bonds. The average Bonchev–Trinajstić information content (AvgIpc) is 2.71. The second-order valence-electron chi connectivity index (χ2n) is 3.27. The first kappa shape index (κ1) is 12.8. The van der Waals surface area contributed by atoms with Crippen LogP contribution in [0.15, 0.2) is 39.9 Å². The summed E-state index contributed by atoms with van der Waals surface area (Å²) in [5, 5.41) is 0.0308. The van der Waals surface area contributed by atoms with Crippen LogP contribution < -0.4 is 0 Å². The van der Waals surface area contributed by atoms with Crippen molar-refractivity contribution in [3.05, 3.63) is 35.5 Å². The maximum Gasteiger partial charge on any atom is 0.244 e. The lowest BCUT2D eigenvalue weighted by Gasteiger charge is -1.97. The highest BCUT2D eigenvalue weighted by atomic mass is 32.2. The summed E-state index contributed by atoms with van der Waals surface area (Å²) >= 11 is 4.41. The normalized spacial score (nSPS) is 17.6. The summed E-state index contributed by atoms with van der Waals surface area (Å²) in [6, 6.07) is 8.10. The third-order valence-corrected chi connectivity index (χ3v) is 4.79. The fourth-order valence-electron chi connectivity index (χ4n) is 1.33. The lowest BCUT2D eigenvalue weighted by Crippen LogP contribution is -1.87. The van der Waals surface area contributed by atoms with Crippen LogP contribution in [0.4, 0.5) is 0 Å². The van der Waals surface area contributed by atoms with E-state index in [9.17, 15) is 4.79 Å². The van der Waals surface area contributed by atoms with Gasteiger partial charge < -0.3 is 0 Å². The summed E-state index contributed by atoms with van der Waals surface area (Å²) in [4.78, 5) is 17.1. The number of nitrogens with zero attached hydrogens (tertiary/aromatic N) is 1. The summed E-state index contributed by atoms with van der Waals surface area (Å²) in [6.45, 7) is 0. The highest BCUT2D eigenvalue weighted by Crippen LogP contribution is 2.29. The van der Waals surface area contributed by atoms with E-state index in [1.54, 1.807) is 11.8 Å². The zero-order valence-electron chi connectivity index (χ0n) is 9.47. The molecule has 0 atom stereocenters. The summed E-state index contributed by atoms with van der Waals surface area (Å²) in [6.07, 6.45) is 5.80. The molecular formula is C12H11NOS3. The average molecular weight is 281 g/mol. The molecule has 0 saturated heterocycles. The van der Waals surface area contributed by atoms with Gasteiger partial charge in [0, 0.05) is 4.90 Å². The molecule has 0 saturated carbocycles. The van der Waals surface area contributed by atoms with Gasteiger partial charge in [0.25, 0.3) is 0 Å². The molecule has 1 aliphatic heterocycles. The number of carbonyl (C=O) groups is 1. The number of aliphatic imine (C=N–C) groups is 1. The van der Waals surface area contributed by atoms with Gasteiger partial charge in [-0.05, 0) is 48.0 Å². The highest BCUT2D eigenvalue weighted by molar-refractivity contribution is 8.45. The van der Waals surface area contributed by atoms with E-state index >= 15 is 0 Å². The Hall–Kier alpha value is -0.650. The van der Waals surface area contributed by atoms with Crippen LogP contribution in [-0.4, -0.2) is 22.0 Å². The first-order valence-electron chi connectivity index (χ1n) is 4.93. The number of benzene rings is 1. The Bertz CT molecular complexity index is 491. The van der Waals surface area contributed by atoms with Crippen molar-refractivity contribution >= 4 is 50.9 Å². The number of rotatable bonds is 2. The molecule has 0 spiro atoms. The molecule has 0 aliphatic carbocycles. The minimum atomic E-state index is 0.0308. The van der Waals surface area contributed by atoms with Gasteiger partial charge in [0.15, 0.2) is 0 Å². The monoisotopic (exact) mass is 281 g/mol. The van der Waals surface area contributed by atoms with Crippen molar-refractivity contribution in [2.75, 3.05) is 12.5 Å². The molecule has 5 heteroatoms. The van der Waals surface area contributed by atoms with E-state index in [2.05, 4.69) is 4.99 Å². The van der Waals surface area contributed by atoms with Crippen LogP contribution in [0.2, 0.25) is 0 Å². The van der Waals surface area contributed by atoms with E-state index in [0.717, 1.165) is 9.94 Å². The van der Waals surface area contributed by atoms with Gasteiger partial charge in [-0.15, -0.1) is 23.5 Å². The van der Waals surface area contributed by atoms with Crippen LogP contribution >= 0.6 is 35.3 Å². The molecule has 1 aromatic carbocycles. The van der Waals surface area contributed by atoms with Crippen molar-refractivity contribution in [3.8, 4) is 0 Å². The predicted octanol–water partition coefficient (Wildman–Crippen LogP) is 3.74. The number of carbonyl (C=O) groups excluding carboxylic acids is 1. The minimum absolute atomic E-state index is 0.0308. The van der Waals surface area contributed by atoms with E-state index in [1.165, 1.54) is 28.4 Å². The SMILES string of the molecule is CSC1=NC(=Cc2ccc(SC)cc2)C(=O)S1. The van der Waals surface area contributed by atoms with Crippen LogP contribution in [0.3, 0.4) is 0 Å². The van der Waals surface area contributed by atoms with E-state index < -0.39 is 0 Å². The molecule has 0 unspecified atom stereocenters. The van der Waals surface area contributed by atoms with Gasteiger partial charge >= 0.3 is 0 Å². The third-order valence-electron chi connectivity index (χ3n) is 2.19. The van der Waals surface area contributed by atoms with Crippen LogP contribution in [0, 0.1) is 0 Å². The van der Waals surface area contributed by atoms with Crippen LogP contribution in [0.5, 0.6) is 0 Å². The lowest BCUT2D eigenvalue weighted by atomic mass is 10.2. The molecule has 0 fully saturated rings. The van der Waals surface area contributed by atoms with Crippen molar-refractivity contribution in [1.82, 2.24) is 0 Å². The van der Waals surface area contributed by atoms with Crippen molar-refractivity contribution in [1.29, 1.82) is 0 Å². The molecule has 1 aliphatic rings.